The molecule has 1 rings (SSSR count). The first-order chi connectivity index (χ1) is 3.39. The minimum Gasteiger partial charge on any atom is -0.464 e. The summed E-state index contributed by atoms with van der Waals surface area (Å²) in [7, 11) is 0. The molecule has 0 saturated carbocycles. The Morgan fingerprint density at radius 3 is 2.57 bits per heavy atom. The summed E-state index contributed by atoms with van der Waals surface area (Å²) in [5.41, 5.74) is 0. The molecule has 1 aliphatic heterocycles. The molecular weight excluding hydrogens is 90.1 g/mol. The van der Waals surface area contributed by atoms with Crippen molar-refractivity contribution in [3.05, 3.63) is 0 Å². The molecule has 0 aromatic carbocycles. The summed E-state index contributed by atoms with van der Waals surface area (Å²) >= 11 is 0. The van der Waals surface area contributed by atoms with Gasteiger partial charge in [0.2, 0.25) is 0 Å². The smallest absolute Gasteiger partial charge is 0.332 e. The fraction of sp³-hybridized carbons (Fsp3) is 0.800. The van der Waals surface area contributed by atoms with Crippen LogP contribution in [0.3, 0.4) is 0 Å². The normalized spacial score (nSPS) is 21.4. The molecule has 0 amide bonds. The molecule has 0 atom stereocenters. The average Bonchev–Trinajstić information content (AvgIpc) is 1.69. The minimum absolute atomic E-state index is 0.464. The molecule has 2 N–H and O–H groups in total. The van der Waals surface area contributed by atoms with Gasteiger partial charge in [0.25, 0.3) is 0 Å². The Balaban J connectivity index is 2.40. The van der Waals surface area contributed by atoms with Crippen LogP contribution in [0.25, 0.3) is 0 Å². The highest BCUT2D eigenvalue weighted by atomic mass is 16.3. The third-order valence-electron chi connectivity index (χ3n) is 1.17. The van der Waals surface area contributed by atoms with Gasteiger partial charge in [-0.25, -0.2) is 4.99 Å². The van der Waals surface area contributed by atoms with Crippen molar-refractivity contribution < 1.29 is 10.1 Å². The highest BCUT2D eigenvalue weighted by molar-refractivity contribution is 5.67. The van der Waals surface area contributed by atoms with Crippen LogP contribution in [-0.4, -0.2) is 17.5 Å². The van der Waals surface area contributed by atoms with E-state index < -0.39 is 0 Å². The van der Waals surface area contributed by atoms with Crippen LogP contribution in [0.5, 0.6) is 0 Å². The third kappa shape index (κ3) is 1.18. The van der Waals surface area contributed by atoms with Gasteiger partial charge in [0, 0.05) is 6.42 Å². The first kappa shape index (κ1) is 4.62. The molecule has 0 fully saturated rings. The van der Waals surface area contributed by atoms with Gasteiger partial charge in [-0.05, 0) is 6.42 Å². The van der Waals surface area contributed by atoms with E-state index >= 15 is 0 Å². The summed E-state index contributed by atoms with van der Waals surface area (Å²) in [4.78, 5) is 2.85. The summed E-state index contributed by atoms with van der Waals surface area (Å²) in [6.45, 7) is 0.950. The predicted molar refractivity (Wildman–Crippen MR) is 27.3 cm³/mol. The Kier molecular flexibility index (Phi) is 1.29. The molecule has 1 heterocycles. The molecule has 2 nitrogen and oxygen atoms in total. The summed E-state index contributed by atoms with van der Waals surface area (Å²) in [6, 6.07) is 0. The first-order valence-electron chi connectivity index (χ1n) is 2.68. The average molecular weight is 100 g/mol. The highest BCUT2D eigenvalue weighted by Crippen LogP contribution is 1.92. The van der Waals surface area contributed by atoms with Gasteiger partial charge in [-0.15, -0.1) is 0 Å². The minimum atomic E-state index is 0.464. The van der Waals surface area contributed by atoms with Crippen molar-refractivity contribution in [3.8, 4) is 0 Å². The van der Waals surface area contributed by atoms with E-state index in [1.54, 1.807) is 0 Å². The molecule has 7 heavy (non-hydrogen) atoms. The van der Waals surface area contributed by atoms with Gasteiger partial charge in [-0.1, -0.05) is 0 Å². The Labute approximate surface area is 42.9 Å². The maximum Gasteiger partial charge on any atom is 0.332 e. The van der Waals surface area contributed by atoms with Gasteiger partial charge in [0.15, 0.2) is 0 Å². The zero-order chi connectivity index (χ0) is 5.11. The van der Waals surface area contributed by atoms with Crippen molar-refractivity contribution in [1.82, 2.24) is 0 Å². The molecular formula is C5H10NO+. The molecule has 0 aliphatic carbocycles. The third-order valence-corrected chi connectivity index (χ3v) is 1.17. The second kappa shape index (κ2) is 1.96. The highest BCUT2D eigenvalue weighted by Gasteiger charge is 2.06. The number of aliphatic hydroxyl groups excluding tert-OH is 1. The van der Waals surface area contributed by atoms with E-state index in [0.29, 0.717) is 5.90 Å². The van der Waals surface area contributed by atoms with Crippen molar-refractivity contribution >= 4 is 5.90 Å². The fourth-order valence-electron chi connectivity index (χ4n) is 0.739. The van der Waals surface area contributed by atoms with E-state index in [4.69, 9.17) is 5.11 Å². The van der Waals surface area contributed by atoms with Crippen LogP contribution < -0.4 is 4.99 Å². The van der Waals surface area contributed by atoms with Crippen LogP contribution in [0.4, 0.5) is 0 Å². The molecule has 0 aromatic heterocycles. The lowest BCUT2D eigenvalue weighted by molar-refractivity contribution is -0.473. The van der Waals surface area contributed by atoms with Gasteiger partial charge in [0.05, 0.1) is 6.42 Å². The van der Waals surface area contributed by atoms with Gasteiger partial charge in [-0.2, -0.15) is 0 Å². The summed E-state index contributed by atoms with van der Waals surface area (Å²) in [5, 5.41) is 8.71. The lowest BCUT2D eigenvalue weighted by Crippen LogP contribution is -2.74. The van der Waals surface area contributed by atoms with Crippen molar-refractivity contribution in [2.75, 3.05) is 6.54 Å². The van der Waals surface area contributed by atoms with E-state index in [1.165, 1.54) is 6.42 Å². The Hall–Kier alpha value is -0.530. The summed E-state index contributed by atoms with van der Waals surface area (Å²) in [5.74, 6) is 0.464. The maximum atomic E-state index is 8.71. The summed E-state index contributed by atoms with van der Waals surface area (Å²) in [6.07, 6.45) is 3.18. The Morgan fingerprint density at radius 2 is 2.29 bits per heavy atom. The maximum absolute atomic E-state index is 8.71. The Bertz CT molecular complexity index is 88.1. The molecule has 0 spiro atoms. The van der Waals surface area contributed by atoms with Crippen molar-refractivity contribution in [2.24, 2.45) is 0 Å². The SMILES string of the molecule is OC1=[NH+]CCCC1. The monoisotopic (exact) mass is 100 g/mol. The van der Waals surface area contributed by atoms with E-state index in [0.717, 1.165) is 19.4 Å². The molecule has 0 unspecified atom stereocenters. The van der Waals surface area contributed by atoms with E-state index in [-0.39, 0.29) is 0 Å². The number of aliphatic hydroxyl groups is 1. The zero-order valence-corrected chi connectivity index (χ0v) is 4.28. The first-order valence-corrected chi connectivity index (χ1v) is 2.68. The number of nitrogens with one attached hydrogen (secondary N) is 1. The van der Waals surface area contributed by atoms with Crippen molar-refractivity contribution in [1.29, 1.82) is 0 Å². The number of hydrogen-bond donors (Lipinski definition) is 2. The van der Waals surface area contributed by atoms with Gasteiger partial charge in [0.1, 0.15) is 6.54 Å². The molecule has 0 radical (unpaired) electrons. The van der Waals surface area contributed by atoms with E-state index in [9.17, 15) is 0 Å². The molecule has 40 valence electrons. The van der Waals surface area contributed by atoms with Crippen molar-refractivity contribution in [2.45, 2.75) is 19.3 Å². The van der Waals surface area contributed by atoms with Gasteiger partial charge in [-0.3, -0.25) is 0 Å². The zero-order valence-electron chi connectivity index (χ0n) is 4.28. The molecule has 2 heteroatoms. The topological polar surface area (TPSA) is 34.2 Å². The van der Waals surface area contributed by atoms with E-state index in [2.05, 4.69) is 4.99 Å². The lowest BCUT2D eigenvalue weighted by atomic mass is 10.2. The molecule has 0 bridgehead atoms. The fourth-order valence-corrected chi connectivity index (χ4v) is 0.739. The number of hydrogen-bond acceptors (Lipinski definition) is 0. The quantitative estimate of drug-likeness (QED) is 0.411. The van der Waals surface area contributed by atoms with Crippen molar-refractivity contribution in [3.63, 3.8) is 0 Å². The molecule has 1 aliphatic rings. The van der Waals surface area contributed by atoms with Crippen LogP contribution in [0.15, 0.2) is 0 Å². The second-order valence-corrected chi connectivity index (χ2v) is 1.83. The largest absolute Gasteiger partial charge is 0.464 e. The van der Waals surface area contributed by atoms with Crippen LogP contribution in [-0.2, 0) is 0 Å². The predicted octanol–water partition coefficient (Wildman–Crippen LogP) is -0.793. The van der Waals surface area contributed by atoms with Crippen LogP contribution >= 0.6 is 0 Å². The van der Waals surface area contributed by atoms with Gasteiger partial charge < -0.3 is 5.11 Å². The molecule has 0 saturated heterocycles. The van der Waals surface area contributed by atoms with E-state index in [1.807, 2.05) is 0 Å². The summed E-state index contributed by atoms with van der Waals surface area (Å²) < 4.78 is 0. The second-order valence-electron chi connectivity index (χ2n) is 1.83. The van der Waals surface area contributed by atoms with Gasteiger partial charge >= 0.3 is 5.90 Å². The molecule has 0 aromatic rings. The van der Waals surface area contributed by atoms with Crippen LogP contribution in [0.2, 0.25) is 0 Å². The van der Waals surface area contributed by atoms with Crippen LogP contribution in [0.1, 0.15) is 19.3 Å². The number of rotatable bonds is 0. The standard InChI is InChI=1S/C5H9NO/c7-5-3-1-2-4-6-5/h1-4H2,(H,6,7)/p+1. The lowest BCUT2D eigenvalue weighted by Gasteiger charge is -1.96. The Morgan fingerprint density at radius 1 is 1.43 bits per heavy atom. The van der Waals surface area contributed by atoms with Crippen LogP contribution in [0, 0.1) is 0 Å².